The minimum Gasteiger partial charge on any atom is -0.482 e. The van der Waals surface area contributed by atoms with E-state index >= 15 is 0 Å². The second kappa shape index (κ2) is 5.50. The van der Waals surface area contributed by atoms with Crippen LogP contribution in [0.15, 0.2) is 22.7 Å². The van der Waals surface area contributed by atoms with Crippen molar-refractivity contribution in [2.45, 2.75) is 6.42 Å². The summed E-state index contributed by atoms with van der Waals surface area (Å²) in [5.74, 6) is -0.633. The molecule has 1 rings (SSSR count). The van der Waals surface area contributed by atoms with Crippen LogP contribution in [0.25, 0.3) is 0 Å². The highest BCUT2D eigenvalue weighted by Gasteiger charge is 2.08. The SMILES string of the molecule is O=CCc1c(Br)cccc1OCC(=O)O. The second-order valence-electron chi connectivity index (χ2n) is 2.77. The fourth-order valence-electron chi connectivity index (χ4n) is 1.10. The minimum atomic E-state index is -1.05. The summed E-state index contributed by atoms with van der Waals surface area (Å²) in [7, 11) is 0. The zero-order valence-corrected chi connectivity index (χ0v) is 9.36. The first-order valence-electron chi connectivity index (χ1n) is 4.20. The van der Waals surface area contributed by atoms with Crippen molar-refractivity contribution in [2.24, 2.45) is 0 Å². The van der Waals surface area contributed by atoms with Crippen molar-refractivity contribution >= 4 is 28.2 Å². The van der Waals surface area contributed by atoms with Gasteiger partial charge in [0, 0.05) is 16.5 Å². The third-order valence-electron chi connectivity index (χ3n) is 1.71. The number of aliphatic carboxylic acids is 1. The molecule has 0 spiro atoms. The lowest BCUT2D eigenvalue weighted by atomic mass is 10.1. The van der Waals surface area contributed by atoms with E-state index in [0.717, 1.165) is 10.8 Å². The highest BCUT2D eigenvalue weighted by molar-refractivity contribution is 9.10. The molecule has 5 heteroatoms. The number of halogens is 1. The number of rotatable bonds is 5. The number of hydrogen-bond acceptors (Lipinski definition) is 3. The molecule has 1 aromatic rings. The number of carbonyl (C=O) groups is 2. The zero-order valence-electron chi connectivity index (χ0n) is 7.77. The molecule has 0 heterocycles. The van der Waals surface area contributed by atoms with Crippen molar-refractivity contribution < 1.29 is 19.4 Å². The smallest absolute Gasteiger partial charge is 0.341 e. The van der Waals surface area contributed by atoms with E-state index < -0.39 is 12.6 Å². The molecule has 80 valence electrons. The highest BCUT2D eigenvalue weighted by Crippen LogP contribution is 2.26. The number of hydrogen-bond donors (Lipinski definition) is 1. The van der Waals surface area contributed by atoms with Crippen LogP contribution in [0, 0.1) is 0 Å². The summed E-state index contributed by atoms with van der Waals surface area (Å²) in [5.41, 5.74) is 0.661. The molecule has 0 atom stereocenters. The van der Waals surface area contributed by atoms with Crippen LogP contribution in [-0.4, -0.2) is 24.0 Å². The molecular weight excluding hydrogens is 264 g/mol. The molecule has 0 aliphatic rings. The van der Waals surface area contributed by atoms with E-state index in [1.54, 1.807) is 18.2 Å². The van der Waals surface area contributed by atoms with E-state index in [2.05, 4.69) is 15.9 Å². The van der Waals surface area contributed by atoms with Gasteiger partial charge in [-0.25, -0.2) is 4.79 Å². The van der Waals surface area contributed by atoms with E-state index in [-0.39, 0.29) is 6.42 Å². The fraction of sp³-hybridized carbons (Fsp3) is 0.200. The standard InChI is InChI=1S/C10H9BrO4/c11-8-2-1-3-9(7(8)4-5-12)15-6-10(13)14/h1-3,5H,4,6H2,(H,13,14). The first-order valence-corrected chi connectivity index (χ1v) is 5.00. The number of aldehydes is 1. The Morgan fingerprint density at radius 2 is 2.27 bits per heavy atom. The topological polar surface area (TPSA) is 63.6 Å². The van der Waals surface area contributed by atoms with E-state index in [1.807, 2.05) is 0 Å². The number of carbonyl (C=O) groups excluding carboxylic acids is 1. The Morgan fingerprint density at radius 3 is 2.87 bits per heavy atom. The molecule has 0 aliphatic carbocycles. The van der Waals surface area contributed by atoms with E-state index in [1.165, 1.54) is 0 Å². The van der Waals surface area contributed by atoms with Crippen LogP contribution >= 0.6 is 15.9 Å². The lowest BCUT2D eigenvalue weighted by molar-refractivity contribution is -0.139. The van der Waals surface area contributed by atoms with E-state index in [9.17, 15) is 9.59 Å². The Kier molecular flexibility index (Phi) is 4.30. The first-order chi connectivity index (χ1) is 7.15. The lowest BCUT2D eigenvalue weighted by Gasteiger charge is -2.09. The van der Waals surface area contributed by atoms with Crippen LogP contribution in [0.2, 0.25) is 0 Å². The summed E-state index contributed by atoms with van der Waals surface area (Å²) >= 11 is 3.27. The molecule has 4 nitrogen and oxygen atoms in total. The van der Waals surface area contributed by atoms with E-state index in [0.29, 0.717) is 11.3 Å². The minimum absolute atomic E-state index is 0.191. The molecule has 1 N–H and O–H groups in total. The summed E-state index contributed by atoms with van der Waals surface area (Å²) < 4.78 is 5.78. The summed E-state index contributed by atoms with van der Waals surface area (Å²) in [5, 5.41) is 8.46. The fourth-order valence-corrected chi connectivity index (χ4v) is 1.60. The molecule has 0 amide bonds. The maximum absolute atomic E-state index is 10.4. The monoisotopic (exact) mass is 272 g/mol. The lowest BCUT2D eigenvalue weighted by Crippen LogP contribution is -2.10. The Bertz CT molecular complexity index is 376. The van der Waals surface area contributed by atoms with Crippen LogP contribution in [-0.2, 0) is 16.0 Å². The molecule has 0 bridgehead atoms. The first kappa shape index (κ1) is 11.7. The van der Waals surface area contributed by atoms with Crippen LogP contribution in [0.4, 0.5) is 0 Å². The van der Waals surface area contributed by atoms with Crippen LogP contribution in [0.5, 0.6) is 5.75 Å². The van der Waals surface area contributed by atoms with Gasteiger partial charge < -0.3 is 14.6 Å². The molecule has 0 aromatic heterocycles. The molecule has 15 heavy (non-hydrogen) atoms. The van der Waals surface area contributed by atoms with Gasteiger partial charge in [0.25, 0.3) is 0 Å². The van der Waals surface area contributed by atoms with Gasteiger partial charge in [0.2, 0.25) is 0 Å². The summed E-state index contributed by atoms with van der Waals surface area (Å²) in [6.45, 7) is -0.414. The van der Waals surface area contributed by atoms with Gasteiger partial charge in [-0.05, 0) is 12.1 Å². The van der Waals surface area contributed by atoms with Crippen molar-refractivity contribution in [2.75, 3.05) is 6.61 Å². The third-order valence-corrected chi connectivity index (χ3v) is 2.46. The maximum atomic E-state index is 10.4. The zero-order chi connectivity index (χ0) is 11.3. The summed E-state index contributed by atoms with van der Waals surface area (Å²) in [6, 6.07) is 5.12. The van der Waals surface area contributed by atoms with Gasteiger partial charge in [-0.3, -0.25) is 0 Å². The van der Waals surface area contributed by atoms with Crippen LogP contribution in [0.1, 0.15) is 5.56 Å². The quantitative estimate of drug-likeness (QED) is 0.828. The van der Waals surface area contributed by atoms with Gasteiger partial charge in [0.05, 0.1) is 0 Å². The number of carboxylic acids is 1. The predicted octanol–water partition coefficient (Wildman–Crippen LogP) is 1.65. The van der Waals surface area contributed by atoms with Crippen LogP contribution in [0.3, 0.4) is 0 Å². The second-order valence-corrected chi connectivity index (χ2v) is 3.62. The van der Waals surface area contributed by atoms with Gasteiger partial charge in [-0.1, -0.05) is 22.0 Å². The molecule has 0 saturated heterocycles. The molecule has 0 unspecified atom stereocenters. The Morgan fingerprint density at radius 1 is 1.53 bits per heavy atom. The molecule has 0 aliphatic heterocycles. The average Bonchev–Trinajstić information content (AvgIpc) is 2.19. The van der Waals surface area contributed by atoms with Gasteiger partial charge in [0.1, 0.15) is 12.0 Å². The Balaban J connectivity index is 2.89. The number of ether oxygens (including phenoxy) is 1. The van der Waals surface area contributed by atoms with Crippen molar-refractivity contribution in [3.05, 3.63) is 28.2 Å². The Labute approximate surface area is 95.0 Å². The predicted molar refractivity (Wildman–Crippen MR) is 57.0 cm³/mol. The summed E-state index contributed by atoms with van der Waals surface area (Å²) in [6.07, 6.45) is 0.935. The van der Waals surface area contributed by atoms with Gasteiger partial charge in [-0.15, -0.1) is 0 Å². The van der Waals surface area contributed by atoms with Crippen molar-refractivity contribution in [1.82, 2.24) is 0 Å². The van der Waals surface area contributed by atoms with Crippen molar-refractivity contribution in [3.63, 3.8) is 0 Å². The number of carboxylic acid groups (broad SMARTS) is 1. The highest BCUT2D eigenvalue weighted by atomic mass is 79.9. The van der Waals surface area contributed by atoms with E-state index in [4.69, 9.17) is 9.84 Å². The molecular formula is C10H9BrO4. The molecule has 0 saturated carbocycles. The van der Waals surface area contributed by atoms with Gasteiger partial charge in [0.15, 0.2) is 6.61 Å². The normalized spacial score (nSPS) is 9.67. The van der Waals surface area contributed by atoms with Gasteiger partial charge >= 0.3 is 5.97 Å². The average molecular weight is 273 g/mol. The molecule has 1 aromatic carbocycles. The Hall–Kier alpha value is -1.36. The maximum Gasteiger partial charge on any atom is 0.341 e. The molecule has 0 fully saturated rings. The largest absolute Gasteiger partial charge is 0.482 e. The third kappa shape index (κ3) is 3.36. The van der Waals surface area contributed by atoms with Crippen LogP contribution < -0.4 is 4.74 Å². The number of benzene rings is 1. The summed E-state index contributed by atoms with van der Waals surface area (Å²) in [4.78, 5) is 20.7. The molecule has 0 radical (unpaired) electrons. The van der Waals surface area contributed by atoms with Crippen molar-refractivity contribution in [1.29, 1.82) is 0 Å². The van der Waals surface area contributed by atoms with Crippen molar-refractivity contribution in [3.8, 4) is 5.75 Å². The van der Waals surface area contributed by atoms with Gasteiger partial charge in [-0.2, -0.15) is 0 Å².